The summed E-state index contributed by atoms with van der Waals surface area (Å²) in [6.07, 6.45) is 4.13. The molecule has 1 atom stereocenters. The Bertz CT molecular complexity index is 756. The van der Waals surface area contributed by atoms with Crippen molar-refractivity contribution in [3.8, 4) is 11.5 Å². The highest BCUT2D eigenvalue weighted by Gasteiger charge is 2.32. The van der Waals surface area contributed by atoms with Crippen molar-refractivity contribution in [1.29, 1.82) is 0 Å². The number of aromatic nitrogens is 1. The highest BCUT2D eigenvalue weighted by atomic mass is 16.5. The van der Waals surface area contributed by atoms with E-state index in [2.05, 4.69) is 12.1 Å². The first-order valence-corrected chi connectivity index (χ1v) is 9.12. The number of methoxy groups -OCH3 is 2. The van der Waals surface area contributed by atoms with Crippen LogP contribution < -0.4 is 9.47 Å². The number of likely N-dealkylation sites (tertiary alicyclic amines) is 1. The van der Waals surface area contributed by atoms with Gasteiger partial charge >= 0.3 is 0 Å². The van der Waals surface area contributed by atoms with Gasteiger partial charge in [0, 0.05) is 19.0 Å². The molecule has 0 unspecified atom stereocenters. The molecule has 6 heteroatoms. The van der Waals surface area contributed by atoms with Gasteiger partial charge in [0.25, 0.3) is 0 Å². The Morgan fingerprint density at radius 1 is 1.27 bits per heavy atom. The standard InChI is InChI=1S/C20H26N2O4/c1-4-6-15-13-16(21-26-15)17-7-5-10-22(17)20(23)12-14-8-9-18(24-2)19(11-14)25-3/h8-9,11,13,17H,4-7,10,12H2,1-3H3/t17-/m1/s1. The smallest absolute Gasteiger partial charge is 0.227 e. The molecule has 1 aliphatic heterocycles. The number of ether oxygens (including phenoxy) is 2. The average Bonchev–Trinajstić information content (AvgIpc) is 3.31. The Morgan fingerprint density at radius 2 is 2.08 bits per heavy atom. The molecule has 1 aromatic heterocycles. The lowest BCUT2D eigenvalue weighted by Gasteiger charge is -2.23. The Balaban J connectivity index is 1.72. The fourth-order valence-corrected chi connectivity index (χ4v) is 3.49. The summed E-state index contributed by atoms with van der Waals surface area (Å²) in [6, 6.07) is 7.60. The van der Waals surface area contributed by atoms with Gasteiger partial charge in [-0.3, -0.25) is 4.79 Å². The number of hydrogen-bond donors (Lipinski definition) is 0. The van der Waals surface area contributed by atoms with Gasteiger partial charge in [0.15, 0.2) is 11.5 Å². The van der Waals surface area contributed by atoms with Gasteiger partial charge in [0.05, 0.1) is 26.7 Å². The van der Waals surface area contributed by atoms with E-state index in [-0.39, 0.29) is 11.9 Å². The lowest BCUT2D eigenvalue weighted by atomic mass is 10.1. The van der Waals surface area contributed by atoms with Gasteiger partial charge in [-0.15, -0.1) is 0 Å². The Labute approximate surface area is 154 Å². The Kier molecular flexibility index (Phi) is 5.81. The van der Waals surface area contributed by atoms with Crippen LogP contribution in [0.15, 0.2) is 28.8 Å². The van der Waals surface area contributed by atoms with Crippen LogP contribution in [0.5, 0.6) is 11.5 Å². The molecule has 2 heterocycles. The van der Waals surface area contributed by atoms with Crippen molar-refractivity contribution in [3.05, 3.63) is 41.3 Å². The maximum Gasteiger partial charge on any atom is 0.227 e. The van der Waals surface area contributed by atoms with E-state index in [4.69, 9.17) is 14.0 Å². The largest absolute Gasteiger partial charge is 0.493 e. The molecule has 1 aromatic carbocycles. The van der Waals surface area contributed by atoms with Crippen LogP contribution in [0.2, 0.25) is 0 Å². The number of amides is 1. The predicted molar refractivity (Wildman–Crippen MR) is 97.4 cm³/mol. The molecule has 0 bridgehead atoms. The molecule has 1 aliphatic rings. The minimum Gasteiger partial charge on any atom is -0.493 e. The van der Waals surface area contributed by atoms with E-state index in [1.165, 1.54) is 0 Å². The summed E-state index contributed by atoms with van der Waals surface area (Å²) in [6.45, 7) is 2.86. The summed E-state index contributed by atoms with van der Waals surface area (Å²) in [4.78, 5) is 14.8. The third kappa shape index (κ3) is 3.84. The molecule has 0 N–H and O–H groups in total. The topological polar surface area (TPSA) is 64.8 Å². The molecule has 2 aromatic rings. The molecule has 6 nitrogen and oxygen atoms in total. The minimum absolute atomic E-state index is 0.0111. The van der Waals surface area contributed by atoms with Gasteiger partial charge in [-0.05, 0) is 37.0 Å². The molecule has 0 saturated carbocycles. The maximum atomic E-state index is 12.9. The fourth-order valence-electron chi connectivity index (χ4n) is 3.49. The zero-order valence-electron chi connectivity index (χ0n) is 15.7. The molecule has 3 rings (SSSR count). The second-order valence-electron chi connectivity index (χ2n) is 6.58. The van der Waals surface area contributed by atoms with E-state index in [0.29, 0.717) is 17.9 Å². The van der Waals surface area contributed by atoms with Crippen LogP contribution in [0.4, 0.5) is 0 Å². The van der Waals surface area contributed by atoms with E-state index in [1.54, 1.807) is 14.2 Å². The van der Waals surface area contributed by atoms with Gasteiger partial charge in [-0.1, -0.05) is 18.1 Å². The molecule has 1 amide bonds. The molecule has 0 radical (unpaired) electrons. The van der Waals surface area contributed by atoms with Gasteiger partial charge in [0.2, 0.25) is 5.91 Å². The molecule has 140 valence electrons. The molecule has 0 aliphatic carbocycles. The van der Waals surface area contributed by atoms with E-state index in [1.807, 2.05) is 29.2 Å². The van der Waals surface area contributed by atoms with Gasteiger partial charge in [0.1, 0.15) is 11.5 Å². The van der Waals surface area contributed by atoms with Crippen LogP contribution in [-0.4, -0.2) is 36.7 Å². The summed E-state index contributed by atoms with van der Waals surface area (Å²) >= 11 is 0. The number of benzene rings is 1. The molecular formula is C20H26N2O4. The lowest BCUT2D eigenvalue weighted by molar-refractivity contribution is -0.131. The van der Waals surface area contributed by atoms with Crippen molar-refractivity contribution >= 4 is 5.91 Å². The van der Waals surface area contributed by atoms with Gasteiger partial charge in [-0.25, -0.2) is 0 Å². The molecular weight excluding hydrogens is 332 g/mol. The summed E-state index contributed by atoms with van der Waals surface area (Å²) in [5.41, 5.74) is 1.77. The second-order valence-corrected chi connectivity index (χ2v) is 6.58. The first-order valence-electron chi connectivity index (χ1n) is 9.12. The molecule has 26 heavy (non-hydrogen) atoms. The van der Waals surface area contributed by atoms with Crippen LogP contribution >= 0.6 is 0 Å². The Hall–Kier alpha value is -2.50. The number of rotatable bonds is 7. The van der Waals surface area contributed by atoms with Crippen molar-refractivity contribution in [3.63, 3.8) is 0 Å². The van der Waals surface area contributed by atoms with Crippen LogP contribution in [0.25, 0.3) is 0 Å². The number of aryl methyl sites for hydroxylation is 1. The zero-order chi connectivity index (χ0) is 18.5. The summed E-state index contributed by atoms with van der Waals surface area (Å²) in [5, 5.41) is 4.20. The Morgan fingerprint density at radius 3 is 2.81 bits per heavy atom. The summed E-state index contributed by atoms with van der Waals surface area (Å²) < 4.78 is 16.0. The van der Waals surface area contributed by atoms with E-state index in [9.17, 15) is 4.79 Å². The highest BCUT2D eigenvalue weighted by molar-refractivity contribution is 5.79. The quantitative estimate of drug-likeness (QED) is 0.757. The molecule has 0 spiro atoms. The summed E-state index contributed by atoms with van der Waals surface area (Å²) in [7, 11) is 3.20. The first kappa shape index (κ1) is 18.3. The number of carbonyl (C=O) groups is 1. The maximum absolute atomic E-state index is 12.9. The fraction of sp³-hybridized carbons (Fsp3) is 0.500. The van der Waals surface area contributed by atoms with E-state index in [0.717, 1.165) is 49.2 Å². The van der Waals surface area contributed by atoms with Crippen molar-refractivity contribution < 1.29 is 18.8 Å². The third-order valence-electron chi connectivity index (χ3n) is 4.79. The molecule has 1 saturated heterocycles. The number of carbonyl (C=O) groups excluding carboxylic acids is 1. The SMILES string of the molecule is CCCc1cc([C@H]2CCCN2C(=O)Cc2ccc(OC)c(OC)c2)no1. The first-order chi connectivity index (χ1) is 12.7. The second kappa shape index (κ2) is 8.25. The van der Waals surface area contributed by atoms with E-state index < -0.39 is 0 Å². The van der Waals surface area contributed by atoms with E-state index >= 15 is 0 Å². The zero-order valence-corrected chi connectivity index (χ0v) is 15.7. The summed E-state index contributed by atoms with van der Waals surface area (Å²) in [5.74, 6) is 2.28. The number of hydrogen-bond acceptors (Lipinski definition) is 5. The van der Waals surface area contributed by atoms with Crippen LogP contribution in [0.3, 0.4) is 0 Å². The number of nitrogens with zero attached hydrogens (tertiary/aromatic N) is 2. The van der Waals surface area contributed by atoms with Crippen molar-refractivity contribution in [1.82, 2.24) is 10.1 Å². The monoisotopic (exact) mass is 358 g/mol. The van der Waals surface area contributed by atoms with Crippen LogP contribution in [0, 0.1) is 0 Å². The predicted octanol–water partition coefficient (Wildman–Crippen LogP) is 3.55. The average molecular weight is 358 g/mol. The van der Waals surface area contributed by atoms with Gasteiger partial charge < -0.3 is 18.9 Å². The van der Waals surface area contributed by atoms with Crippen LogP contribution in [-0.2, 0) is 17.6 Å². The lowest BCUT2D eigenvalue weighted by Crippen LogP contribution is -2.32. The third-order valence-corrected chi connectivity index (χ3v) is 4.79. The highest BCUT2D eigenvalue weighted by Crippen LogP contribution is 2.33. The van der Waals surface area contributed by atoms with Crippen LogP contribution in [0.1, 0.15) is 49.2 Å². The minimum atomic E-state index is 0.0111. The molecule has 1 fully saturated rings. The van der Waals surface area contributed by atoms with Crippen molar-refractivity contribution in [2.45, 2.75) is 45.1 Å². The normalized spacial score (nSPS) is 16.7. The van der Waals surface area contributed by atoms with Crippen molar-refractivity contribution in [2.24, 2.45) is 0 Å². The van der Waals surface area contributed by atoms with Gasteiger partial charge in [-0.2, -0.15) is 0 Å². The van der Waals surface area contributed by atoms with Crippen molar-refractivity contribution in [2.75, 3.05) is 20.8 Å².